The standard InChI is InChI=1S/C31H49N3O2/c1-11-21-17-23(30(6,7)8)19-25(27(21)36-15-13-12-14-34-28(32)33)31(9,10)24-18-22(29(3,4)5)16-20(2)26(24)35/h16-19,35H,11-15H2,1-10H3,(H4,32,33,34). The van der Waals surface area contributed by atoms with Gasteiger partial charge in [0.15, 0.2) is 5.96 Å². The summed E-state index contributed by atoms with van der Waals surface area (Å²) < 4.78 is 6.52. The fraction of sp³-hybridized carbons (Fsp3) is 0.581. The monoisotopic (exact) mass is 495 g/mol. The molecule has 5 nitrogen and oxygen atoms in total. The quantitative estimate of drug-likeness (QED) is 0.207. The zero-order valence-electron chi connectivity index (χ0n) is 24.3. The van der Waals surface area contributed by atoms with Gasteiger partial charge in [-0.3, -0.25) is 4.99 Å². The third-order valence-electron chi connectivity index (χ3n) is 7.02. The van der Waals surface area contributed by atoms with Crippen LogP contribution in [0, 0.1) is 6.92 Å². The number of aryl methyl sites for hydroxylation is 2. The van der Waals surface area contributed by atoms with Gasteiger partial charge in [-0.2, -0.15) is 0 Å². The number of hydrogen-bond acceptors (Lipinski definition) is 3. The number of ether oxygens (including phenoxy) is 1. The summed E-state index contributed by atoms with van der Waals surface area (Å²) >= 11 is 0. The Morgan fingerprint density at radius 3 is 1.94 bits per heavy atom. The third-order valence-corrected chi connectivity index (χ3v) is 7.02. The first-order valence-electron chi connectivity index (χ1n) is 13.2. The van der Waals surface area contributed by atoms with E-state index in [-0.39, 0.29) is 16.8 Å². The Labute approximate surface area is 219 Å². The summed E-state index contributed by atoms with van der Waals surface area (Å²) in [5, 5.41) is 11.3. The zero-order chi connectivity index (χ0) is 27.5. The molecule has 0 aromatic heterocycles. The molecule has 5 N–H and O–H groups in total. The maximum atomic E-state index is 11.3. The van der Waals surface area contributed by atoms with Gasteiger partial charge in [0.2, 0.25) is 0 Å². The fourth-order valence-electron chi connectivity index (χ4n) is 4.45. The van der Waals surface area contributed by atoms with Crippen molar-refractivity contribution in [1.29, 1.82) is 0 Å². The summed E-state index contributed by atoms with van der Waals surface area (Å²) in [4.78, 5) is 4.07. The lowest BCUT2D eigenvalue weighted by molar-refractivity contribution is 0.297. The molecule has 36 heavy (non-hydrogen) atoms. The molecule has 2 aromatic carbocycles. The number of nitrogens with zero attached hydrogens (tertiary/aromatic N) is 1. The molecule has 200 valence electrons. The van der Waals surface area contributed by atoms with Gasteiger partial charge in [-0.25, -0.2) is 0 Å². The molecule has 0 fully saturated rings. The predicted octanol–water partition coefficient (Wildman–Crippen LogP) is 6.62. The number of aromatic hydroxyl groups is 1. The second-order valence-corrected chi connectivity index (χ2v) is 12.5. The van der Waals surface area contributed by atoms with Gasteiger partial charge < -0.3 is 21.3 Å². The molecular formula is C31H49N3O2. The van der Waals surface area contributed by atoms with Crippen molar-refractivity contribution in [2.45, 2.75) is 105 Å². The molecule has 0 saturated heterocycles. The molecule has 0 unspecified atom stereocenters. The average Bonchev–Trinajstić information content (AvgIpc) is 2.75. The van der Waals surface area contributed by atoms with Crippen LogP contribution in [0.1, 0.15) is 109 Å². The summed E-state index contributed by atoms with van der Waals surface area (Å²) in [7, 11) is 0. The Bertz CT molecular complexity index is 1080. The van der Waals surface area contributed by atoms with E-state index in [2.05, 4.69) is 91.6 Å². The van der Waals surface area contributed by atoms with Gasteiger partial charge in [0, 0.05) is 23.1 Å². The molecule has 0 bridgehead atoms. The summed E-state index contributed by atoms with van der Waals surface area (Å²) in [6, 6.07) is 8.85. The molecule has 0 aliphatic rings. The van der Waals surface area contributed by atoms with Gasteiger partial charge in [-0.15, -0.1) is 0 Å². The van der Waals surface area contributed by atoms with Crippen molar-refractivity contribution in [3.8, 4) is 11.5 Å². The summed E-state index contributed by atoms with van der Waals surface area (Å²) in [5.74, 6) is 1.41. The van der Waals surface area contributed by atoms with Crippen LogP contribution < -0.4 is 16.2 Å². The van der Waals surface area contributed by atoms with E-state index in [9.17, 15) is 5.11 Å². The molecule has 0 radical (unpaired) electrons. The number of phenols is 1. The van der Waals surface area contributed by atoms with Crippen LogP contribution in [0.3, 0.4) is 0 Å². The van der Waals surface area contributed by atoms with E-state index in [4.69, 9.17) is 16.2 Å². The lowest BCUT2D eigenvalue weighted by atomic mass is 9.72. The van der Waals surface area contributed by atoms with Crippen LogP contribution in [0.15, 0.2) is 29.3 Å². The molecule has 0 atom stereocenters. The van der Waals surface area contributed by atoms with Crippen LogP contribution in [0.5, 0.6) is 11.5 Å². The number of nitrogens with two attached hydrogens (primary N) is 2. The van der Waals surface area contributed by atoms with Gasteiger partial charge in [0.1, 0.15) is 11.5 Å². The van der Waals surface area contributed by atoms with Crippen LogP contribution >= 0.6 is 0 Å². The number of unbranched alkanes of at least 4 members (excludes halogenated alkanes) is 1. The number of phenolic OH excluding ortho intramolecular Hbond substituents is 1. The highest BCUT2D eigenvalue weighted by Gasteiger charge is 2.34. The highest BCUT2D eigenvalue weighted by molar-refractivity contribution is 5.75. The van der Waals surface area contributed by atoms with E-state index in [1.165, 1.54) is 16.7 Å². The molecule has 0 heterocycles. The van der Waals surface area contributed by atoms with Crippen LogP contribution in [0.2, 0.25) is 0 Å². The van der Waals surface area contributed by atoms with Crippen LogP contribution in [-0.4, -0.2) is 24.2 Å². The van der Waals surface area contributed by atoms with Crippen LogP contribution in [-0.2, 0) is 22.7 Å². The lowest BCUT2D eigenvalue weighted by Crippen LogP contribution is -2.25. The van der Waals surface area contributed by atoms with E-state index in [0.717, 1.165) is 41.7 Å². The van der Waals surface area contributed by atoms with Gasteiger partial charge in [0.25, 0.3) is 0 Å². The van der Waals surface area contributed by atoms with E-state index < -0.39 is 5.41 Å². The van der Waals surface area contributed by atoms with Crippen molar-refractivity contribution in [2.24, 2.45) is 16.5 Å². The number of benzene rings is 2. The lowest BCUT2D eigenvalue weighted by Gasteiger charge is -2.34. The molecular weight excluding hydrogens is 446 g/mol. The fourth-order valence-corrected chi connectivity index (χ4v) is 4.45. The minimum atomic E-state index is -0.477. The Morgan fingerprint density at radius 2 is 1.42 bits per heavy atom. The SMILES string of the molecule is CCc1cc(C(C)(C)C)cc(C(C)(C)c2cc(C(C)(C)C)cc(C)c2O)c1OCCCCN=C(N)N. The second-order valence-electron chi connectivity index (χ2n) is 12.5. The normalized spacial score (nSPS) is 12.5. The molecule has 5 heteroatoms. The number of hydrogen-bond donors (Lipinski definition) is 3. The Hall–Kier alpha value is -2.69. The summed E-state index contributed by atoms with van der Waals surface area (Å²) in [6.45, 7) is 23.1. The highest BCUT2D eigenvalue weighted by atomic mass is 16.5. The average molecular weight is 496 g/mol. The number of rotatable bonds is 9. The van der Waals surface area contributed by atoms with Crippen molar-refractivity contribution in [3.63, 3.8) is 0 Å². The van der Waals surface area contributed by atoms with Crippen molar-refractivity contribution in [2.75, 3.05) is 13.2 Å². The highest BCUT2D eigenvalue weighted by Crippen LogP contribution is 2.46. The van der Waals surface area contributed by atoms with Crippen molar-refractivity contribution < 1.29 is 9.84 Å². The number of aliphatic imine (C=N–C) groups is 1. The number of guanidine groups is 1. The summed E-state index contributed by atoms with van der Waals surface area (Å²) in [5.41, 5.74) is 17.0. The summed E-state index contributed by atoms with van der Waals surface area (Å²) in [6.07, 6.45) is 2.57. The second kappa shape index (κ2) is 11.1. The van der Waals surface area contributed by atoms with Crippen molar-refractivity contribution >= 4 is 5.96 Å². The molecule has 2 rings (SSSR count). The maximum absolute atomic E-state index is 11.3. The predicted molar refractivity (Wildman–Crippen MR) is 154 cm³/mol. The van der Waals surface area contributed by atoms with Gasteiger partial charge in [-0.1, -0.05) is 86.6 Å². The first-order chi connectivity index (χ1) is 16.5. The largest absolute Gasteiger partial charge is 0.507 e. The first-order valence-corrected chi connectivity index (χ1v) is 13.2. The Kier molecular flexibility index (Phi) is 9.15. The molecule has 0 spiro atoms. The minimum absolute atomic E-state index is 0.0152. The third kappa shape index (κ3) is 6.96. The smallest absolute Gasteiger partial charge is 0.185 e. The molecule has 0 aliphatic carbocycles. The van der Waals surface area contributed by atoms with Crippen LogP contribution in [0.25, 0.3) is 0 Å². The van der Waals surface area contributed by atoms with Gasteiger partial charge in [0.05, 0.1) is 6.61 Å². The molecule has 0 aliphatic heterocycles. The first kappa shape index (κ1) is 29.5. The van der Waals surface area contributed by atoms with E-state index in [1.54, 1.807) is 0 Å². The molecule has 0 amide bonds. The van der Waals surface area contributed by atoms with Crippen LogP contribution in [0.4, 0.5) is 0 Å². The Balaban J connectivity index is 2.66. The minimum Gasteiger partial charge on any atom is -0.507 e. The van der Waals surface area contributed by atoms with Crippen molar-refractivity contribution in [1.82, 2.24) is 0 Å². The zero-order valence-corrected chi connectivity index (χ0v) is 24.3. The van der Waals surface area contributed by atoms with Gasteiger partial charge in [-0.05, 0) is 59.3 Å². The topological polar surface area (TPSA) is 93.9 Å². The van der Waals surface area contributed by atoms with E-state index >= 15 is 0 Å². The van der Waals surface area contributed by atoms with Crippen molar-refractivity contribution in [3.05, 3.63) is 57.6 Å². The molecule has 2 aromatic rings. The maximum Gasteiger partial charge on any atom is 0.185 e. The Morgan fingerprint density at radius 1 is 0.861 bits per heavy atom. The van der Waals surface area contributed by atoms with Gasteiger partial charge >= 0.3 is 0 Å². The van der Waals surface area contributed by atoms with E-state index in [0.29, 0.717) is 18.9 Å². The molecule has 0 saturated carbocycles. The van der Waals surface area contributed by atoms with E-state index in [1.807, 2.05) is 6.92 Å².